The lowest BCUT2D eigenvalue weighted by Crippen LogP contribution is -2.22. The molecule has 0 aromatic carbocycles. The van der Waals surface area contributed by atoms with Gasteiger partial charge in [0.25, 0.3) is 0 Å². The van der Waals surface area contributed by atoms with E-state index in [0.717, 1.165) is 30.8 Å². The van der Waals surface area contributed by atoms with Crippen molar-refractivity contribution in [2.45, 2.75) is 20.3 Å². The Labute approximate surface area is 84.8 Å². The van der Waals surface area contributed by atoms with Gasteiger partial charge in [-0.1, -0.05) is 6.07 Å². The summed E-state index contributed by atoms with van der Waals surface area (Å²) in [5, 5.41) is 0. The molecule has 0 radical (unpaired) electrons. The van der Waals surface area contributed by atoms with Gasteiger partial charge in [-0.15, -0.1) is 0 Å². The predicted octanol–water partition coefficient (Wildman–Crippen LogP) is 1.67. The van der Waals surface area contributed by atoms with Gasteiger partial charge in [0.2, 0.25) is 0 Å². The Kier molecular flexibility index (Phi) is 4.11. The van der Waals surface area contributed by atoms with Gasteiger partial charge in [0.1, 0.15) is 12.1 Å². The molecule has 0 fully saturated rings. The van der Waals surface area contributed by atoms with Crippen LogP contribution in [0.2, 0.25) is 0 Å². The molecule has 0 saturated heterocycles. The molecular weight excluding hydrogens is 176 g/mol. The zero-order valence-electron chi connectivity index (χ0n) is 8.73. The number of pyridine rings is 1. The largest absolute Gasteiger partial charge is 0.357 e. The third-order valence-electron chi connectivity index (χ3n) is 2.22. The quantitative estimate of drug-likeness (QED) is 0.665. The van der Waals surface area contributed by atoms with E-state index in [1.807, 2.05) is 12.1 Å². The van der Waals surface area contributed by atoms with Gasteiger partial charge in [0.15, 0.2) is 0 Å². The summed E-state index contributed by atoms with van der Waals surface area (Å²) in [7, 11) is 0. The Morgan fingerprint density at radius 2 is 2.07 bits per heavy atom. The number of anilines is 1. The van der Waals surface area contributed by atoms with E-state index in [2.05, 4.69) is 23.7 Å². The Balaban J connectivity index is 2.76. The maximum atomic E-state index is 10.3. The third-order valence-corrected chi connectivity index (χ3v) is 2.22. The van der Waals surface area contributed by atoms with Crippen LogP contribution >= 0.6 is 0 Å². The lowest BCUT2D eigenvalue weighted by Gasteiger charge is -2.19. The summed E-state index contributed by atoms with van der Waals surface area (Å²) >= 11 is 0. The second kappa shape index (κ2) is 5.37. The number of nitrogens with zero attached hydrogens (tertiary/aromatic N) is 2. The number of rotatable bonds is 5. The number of aldehydes is 1. The number of hydrogen-bond donors (Lipinski definition) is 0. The highest BCUT2D eigenvalue weighted by Crippen LogP contribution is 2.10. The van der Waals surface area contributed by atoms with Crippen molar-refractivity contribution in [3.63, 3.8) is 0 Å². The normalized spacial score (nSPS) is 9.86. The highest BCUT2D eigenvalue weighted by molar-refractivity contribution is 5.55. The van der Waals surface area contributed by atoms with E-state index in [4.69, 9.17) is 0 Å². The van der Waals surface area contributed by atoms with Crippen molar-refractivity contribution < 1.29 is 4.79 Å². The van der Waals surface area contributed by atoms with E-state index in [1.54, 1.807) is 6.20 Å². The lowest BCUT2D eigenvalue weighted by atomic mass is 10.2. The van der Waals surface area contributed by atoms with E-state index in [-0.39, 0.29) is 0 Å². The third kappa shape index (κ3) is 2.55. The van der Waals surface area contributed by atoms with Gasteiger partial charge in [0, 0.05) is 25.7 Å². The molecule has 1 heterocycles. The molecule has 0 aliphatic rings. The number of aromatic nitrogens is 1. The van der Waals surface area contributed by atoms with Gasteiger partial charge < -0.3 is 9.69 Å². The molecule has 14 heavy (non-hydrogen) atoms. The maximum Gasteiger partial charge on any atom is 0.128 e. The first-order chi connectivity index (χ1) is 6.81. The Morgan fingerprint density at radius 1 is 1.36 bits per heavy atom. The van der Waals surface area contributed by atoms with Gasteiger partial charge >= 0.3 is 0 Å². The van der Waals surface area contributed by atoms with Gasteiger partial charge in [-0.2, -0.15) is 0 Å². The standard InChI is InChI=1S/C11H16N2O/c1-3-13(4-2)11-6-5-10(7-8-14)9-12-11/h5-6,8-9H,3-4,7H2,1-2H3. The van der Waals surface area contributed by atoms with Crippen LogP contribution in [0.15, 0.2) is 18.3 Å². The number of carbonyl (C=O) groups is 1. The van der Waals surface area contributed by atoms with Crippen molar-refractivity contribution in [2.24, 2.45) is 0 Å². The molecule has 0 atom stereocenters. The second-order valence-electron chi connectivity index (χ2n) is 3.07. The molecule has 0 saturated carbocycles. The van der Waals surface area contributed by atoms with Crippen LogP contribution in [-0.2, 0) is 11.2 Å². The summed E-state index contributed by atoms with van der Waals surface area (Å²) in [6, 6.07) is 3.92. The van der Waals surface area contributed by atoms with E-state index in [1.165, 1.54) is 0 Å². The molecule has 1 rings (SSSR count). The Morgan fingerprint density at radius 3 is 2.50 bits per heavy atom. The fourth-order valence-corrected chi connectivity index (χ4v) is 1.37. The van der Waals surface area contributed by atoms with Crippen LogP contribution in [0.3, 0.4) is 0 Å². The van der Waals surface area contributed by atoms with E-state index in [0.29, 0.717) is 6.42 Å². The average molecular weight is 192 g/mol. The molecule has 0 aliphatic heterocycles. The minimum absolute atomic E-state index is 0.450. The molecule has 0 N–H and O–H groups in total. The summed E-state index contributed by atoms with van der Waals surface area (Å²) in [6.45, 7) is 6.11. The highest BCUT2D eigenvalue weighted by Gasteiger charge is 2.02. The van der Waals surface area contributed by atoms with E-state index in [9.17, 15) is 4.79 Å². The molecule has 1 aromatic rings. The summed E-state index contributed by atoms with van der Waals surface area (Å²) in [4.78, 5) is 16.7. The molecule has 3 nitrogen and oxygen atoms in total. The van der Waals surface area contributed by atoms with Crippen LogP contribution in [0.4, 0.5) is 5.82 Å². The first kappa shape index (κ1) is 10.7. The van der Waals surface area contributed by atoms with Gasteiger partial charge in [0.05, 0.1) is 0 Å². The van der Waals surface area contributed by atoms with Crippen LogP contribution in [0, 0.1) is 0 Å². The molecule has 3 heteroatoms. The average Bonchev–Trinajstić information content (AvgIpc) is 2.23. The first-order valence-corrected chi connectivity index (χ1v) is 4.95. The fraction of sp³-hybridized carbons (Fsp3) is 0.455. The smallest absolute Gasteiger partial charge is 0.128 e. The van der Waals surface area contributed by atoms with Crippen molar-refractivity contribution >= 4 is 12.1 Å². The number of hydrogen-bond acceptors (Lipinski definition) is 3. The highest BCUT2D eigenvalue weighted by atomic mass is 16.1. The molecule has 0 spiro atoms. The summed E-state index contributed by atoms with van der Waals surface area (Å²) in [5.41, 5.74) is 0.968. The molecule has 76 valence electrons. The van der Waals surface area contributed by atoms with Crippen molar-refractivity contribution in [2.75, 3.05) is 18.0 Å². The molecular formula is C11H16N2O. The van der Waals surface area contributed by atoms with E-state index < -0.39 is 0 Å². The second-order valence-corrected chi connectivity index (χ2v) is 3.07. The SMILES string of the molecule is CCN(CC)c1ccc(CC=O)cn1. The minimum Gasteiger partial charge on any atom is -0.357 e. The van der Waals surface area contributed by atoms with E-state index >= 15 is 0 Å². The van der Waals surface area contributed by atoms with Gasteiger partial charge in [-0.25, -0.2) is 4.98 Å². The van der Waals surface area contributed by atoms with Crippen LogP contribution < -0.4 is 4.90 Å². The molecule has 0 amide bonds. The summed E-state index contributed by atoms with van der Waals surface area (Å²) in [5.74, 6) is 0.977. The Hall–Kier alpha value is -1.38. The molecule has 1 aromatic heterocycles. The summed E-state index contributed by atoms with van der Waals surface area (Å²) in [6.07, 6.45) is 3.11. The van der Waals surface area contributed by atoms with Crippen molar-refractivity contribution in [1.82, 2.24) is 4.98 Å². The lowest BCUT2D eigenvalue weighted by molar-refractivity contribution is -0.107. The fourth-order valence-electron chi connectivity index (χ4n) is 1.37. The number of carbonyl (C=O) groups excluding carboxylic acids is 1. The summed E-state index contributed by atoms with van der Waals surface area (Å²) < 4.78 is 0. The van der Waals surface area contributed by atoms with Crippen LogP contribution in [0.1, 0.15) is 19.4 Å². The van der Waals surface area contributed by atoms with Crippen molar-refractivity contribution in [3.8, 4) is 0 Å². The maximum absolute atomic E-state index is 10.3. The zero-order chi connectivity index (χ0) is 10.4. The van der Waals surface area contributed by atoms with Crippen molar-refractivity contribution in [1.29, 1.82) is 0 Å². The van der Waals surface area contributed by atoms with Gasteiger partial charge in [-0.05, 0) is 25.5 Å². The molecule has 0 aliphatic carbocycles. The Bertz CT molecular complexity index is 278. The van der Waals surface area contributed by atoms with Gasteiger partial charge in [-0.3, -0.25) is 0 Å². The predicted molar refractivity (Wildman–Crippen MR) is 57.6 cm³/mol. The molecule has 0 bridgehead atoms. The van der Waals surface area contributed by atoms with Crippen LogP contribution in [0.25, 0.3) is 0 Å². The van der Waals surface area contributed by atoms with Crippen LogP contribution in [0.5, 0.6) is 0 Å². The first-order valence-electron chi connectivity index (χ1n) is 4.95. The molecule has 0 unspecified atom stereocenters. The zero-order valence-corrected chi connectivity index (χ0v) is 8.73. The topological polar surface area (TPSA) is 33.2 Å². The van der Waals surface area contributed by atoms with Crippen LogP contribution in [-0.4, -0.2) is 24.4 Å². The minimum atomic E-state index is 0.450. The van der Waals surface area contributed by atoms with Crippen molar-refractivity contribution in [3.05, 3.63) is 23.9 Å². The monoisotopic (exact) mass is 192 g/mol.